The Labute approximate surface area is 421 Å². The van der Waals surface area contributed by atoms with Crippen LogP contribution >= 0.6 is 46.4 Å². The highest BCUT2D eigenvalue weighted by Crippen LogP contribution is 2.42. The molecule has 18 heteroatoms. The number of rotatable bonds is 21. The number of benzene rings is 4. The molecular weight excluding hydrogens is 966 g/mol. The average molecular weight is 1020 g/mol. The van der Waals surface area contributed by atoms with Crippen molar-refractivity contribution in [1.29, 1.82) is 0 Å². The largest absolute Gasteiger partial charge is 0.480 e. The first-order valence-electron chi connectivity index (χ1n) is 22.8. The summed E-state index contributed by atoms with van der Waals surface area (Å²) in [4.78, 5) is 78.6. The lowest BCUT2D eigenvalue weighted by atomic mass is 9.81. The smallest absolute Gasteiger partial charge is 0.328 e. The van der Waals surface area contributed by atoms with Crippen molar-refractivity contribution in [2.45, 2.75) is 102 Å². The maximum absolute atomic E-state index is 13.2. The van der Waals surface area contributed by atoms with Crippen LogP contribution in [0.15, 0.2) is 90.0 Å². The van der Waals surface area contributed by atoms with Gasteiger partial charge in [0, 0.05) is 42.6 Å². The third-order valence-corrected chi connectivity index (χ3v) is 14.3. The number of esters is 1. The first-order chi connectivity index (χ1) is 33.0. The fourth-order valence-corrected chi connectivity index (χ4v) is 10.4. The van der Waals surface area contributed by atoms with E-state index in [0.717, 1.165) is 60.8 Å². The molecule has 0 aromatic heterocycles. The van der Waals surface area contributed by atoms with E-state index in [0.29, 0.717) is 57.9 Å². The van der Waals surface area contributed by atoms with E-state index in [4.69, 9.17) is 62.4 Å². The summed E-state index contributed by atoms with van der Waals surface area (Å²) in [5.74, 6) is -2.47. The van der Waals surface area contributed by atoms with E-state index in [1.165, 1.54) is 7.11 Å². The highest BCUT2D eigenvalue weighted by Gasteiger charge is 2.43. The Balaban J connectivity index is 0.000000258. The normalized spacial score (nSPS) is 15.3. The number of carbonyl (C=O) groups excluding carboxylic acids is 5. The third-order valence-electron chi connectivity index (χ3n) is 13.0. The van der Waals surface area contributed by atoms with Gasteiger partial charge in [-0.1, -0.05) is 138 Å². The van der Waals surface area contributed by atoms with Crippen molar-refractivity contribution in [3.05, 3.63) is 149 Å². The Morgan fingerprint density at radius 3 is 1.41 bits per heavy atom. The lowest BCUT2D eigenvalue weighted by Crippen LogP contribution is -2.49. The molecule has 2 saturated carbocycles. The Hall–Kier alpha value is -5.47. The highest BCUT2D eigenvalue weighted by molar-refractivity contribution is 6.40. The van der Waals surface area contributed by atoms with E-state index in [-0.39, 0.29) is 61.2 Å². The molecule has 6 rings (SSSR count). The number of nitrogens with one attached hydrogen (secondary N) is 2. The molecule has 5 N–H and O–H groups in total. The van der Waals surface area contributed by atoms with Crippen LogP contribution in [0.1, 0.15) is 107 Å². The lowest BCUT2D eigenvalue weighted by Gasteiger charge is -2.29. The van der Waals surface area contributed by atoms with Gasteiger partial charge in [0.2, 0.25) is 11.8 Å². The molecule has 2 aliphatic rings. The van der Waals surface area contributed by atoms with Crippen molar-refractivity contribution < 1.29 is 38.6 Å². The number of azide groups is 1. The molecule has 0 spiro atoms. The second-order valence-corrected chi connectivity index (χ2v) is 19.2. The number of methoxy groups -OCH3 is 1. The van der Waals surface area contributed by atoms with Gasteiger partial charge in [-0.3, -0.25) is 19.2 Å². The fourth-order valence-electron chi connectivity index (χ4n) is 9.16. The lowest BCUT2D eigenvalue weighted by molar-refractivity contribution is -0.146. The minimum absolute atomic E-state index is 0.116. The molecule has 0 aliphatic heterocycles. The predicted molar refractivity (Wildman–Crippen MR) is 267 cm³/mol. The topological polar surface area (TPSA) is 231 Å². The van der Waals surface area contributed by atoms with Gasteiger partial charge in [0.25, 0.3) is 0 Å². The molecular formula is C51H56Cl4N6O8. The number of halogens is 4. The van der Waals surface area contributed by atoms with Gasteiger partial charge < -0.3 is 26.2 Å². The highest BCUT2D eigenvalue weighted by atomic mass is 35.5. The molecule has 2 aliphatic carbocycles. The first-order valence-corrected chi connectivity index (χ1v) is 24.3. The van der Waals surface area contributed by atoms with Crippen molar-refractivity contribution in [2.24, 2.45) is 21.7 Å². The third kappa shape index (κ3) is 14.8. The number of carboxylic acids is 1. The van der Waals surface area contributed by atoms with Crippen LogP contribution in [0.2, 0.25) is 20.1 Å². The van der Waals surface area contributed by atoms with E-state index in [1.807, 2.05) is 12.1 Å². The molecule has 4 aromatic carbocycles. The Bertz CT molecular complexity index is 2480. The molecule has 0 saturated heterocycles. The minimum Gasteiger partial charge on any atom is -0.480 e. The number of nitrogens with two attached hydrogens (primary N) is 1. The molecule has 0 heterocycles. The van der Waals surface area contributed by atoms with E-state index >= 15 is 0 Å². The quantitative estimate of drug-likeness (QED) is 0.0204. The SMILES string of the molecule is COC(=O)[C@H](Cc1ccc(CC(=O)c2c(Cl)cccc2Cl)cc1)NC(=O)C1(CCN=[N+]=[N-])CCCC1.NCCC1(C(=O)N[C@@H](Cc2ccc(CC(=O)c3c(Cl)cccc3Cl)cc2)C(=O)O)CCCC1. The number of amides is 2. The number of ketones is 2. The van der Waals surface area contributed by atoms with Crippen LogP contribution in [0.4, 0.5) is 0 Å². The number of ether oxygens (including phenoxy) is 1. The zero-order chi connectivity index (χ0) is 50.1. The number of carbonyl (C=O) groups is 6. The number of hydrogen-bond acceptors (Lipinski definition) is 9. The second kappa shape index (κ2) is 25.9. The van der Waals surface area contributed by atoms with Crippen LogP contribution in [-0.2, 0) is 49.6 Å². The molecule has 14 nitrogen and oxygen atoms in total. The maximum atomic E-state index is 13.2. The monoisotopic (exact) mass is 1020 g/mol. The number of carboxylic acid groups (broad SMARTS) is 1. The summed E-state index contributed by atoms with van der Waals surface area (Å²) >= 11 is 24.5. The van der Waals surface area contributed by atoms with Crippen molar-refractivity contribution in [1.82, 2.24) is 10.6 Å². The standard InChI is InChI=1S/C26H28Cl2N4O4.C25H28Cl2N2O4/c1-36-24(34)21(31-25(35)26(11-2-3-12-26)13-14-30-32-29)15-17-7-9-18(10-8-17)16-22(33)23-19(27)5-4-6-20(23)28;26-18-4-3-5-19(27)22(18)21(30)15-17-8-6-16(7-9-17)14-20(23(31)32)29-24(33)25(12-13-28)10-1-2-11-25/h4-10,21H,2-3,11-16H2,1H3,(H,31,35);3-9,20H,1-2,10-15,28H2,(H,29,33)(H,31,32)/t21-;20-/m00/s1. The van der Waals surface area contributed by atoms with Crippen LogP contribution in [0, 0.1) is 10.8 Å². The first kappa shape index (κ1) is 54.5. The molecule has 2 amide bonds. The van der Waals surface area contributed by atoms with Crippen LogP contribution < -0.4 is 16.4 Å². The molecule has 2 fully saturated rings. The van der Waals surface area contributed by atoms with Gasteiger partial charge in [-0.05, 0) is 97.1 Å². The van der Waals surface area contributed by atoms with Crippen molar-refractivity contribution >= 4 is 81.7 Å². The number of aliphatic carboxylic acids is 1. The zero-order valence-electron chi connectivity index (χ0n) is 38.3. The van der Waals surface area contributed by atoms with E-state index in [9.17, 15) is 33.9 Å². The summed E-state index contributed by atoms with van der Waals surface area (Å²) in [5, 5.41) is 20.1. The van der Waals surface area contributed by atoms with E-state index in [2.05, 4.69) is 20.7 Å². The number of Topliss-reactive ketones (excluding diaryl/α,β-unsaturated/α-hetero) is 2. The average Bonchev–Trinajstić information content (AvgIpc) is 4.02. The second-order valence-electron chi connectivity index (χ2n) is 17.6. The number of nitrogens with zero attached hydrogens (tertiary/aromatic N) is 3. The van der Waals surface area contributed by atoms with Crippen LogP contribution in [0.5, 0.6) is 0 Å². The van der Waals surface area contributed by atoms with Gasteiger partial charge in [-0.25, -0.2) is 9.59 Å². The minimum atomic E-state index is -1.09. The molecule has 0 radical (unpaired) electrons. The molecule has 4 aromatic rings. The Morgan fingerprint density at radius 1 is 0.652 bits per heavy atom. The van der Waals surface area contributed by atoms with Crippen LogP contribution in [0.25, 0.3) is 10.4 Å². The summed E-state index contributed by atoms with van der Waals surface area (Å²) in [5.41, 5.74) is 16.7. The van der Waals surface area contributed by atoms with Gasteiger partial charge in [0.1, 0.15) is 12.1 Å². The zero-order valence-corrected chi connectivity index (χ0v) is 41.3. The van der Waals surface area contributed by atoms with Gasteiger partial charge >= 0.3 is 11.9 Å². The van der Waals surface area contributed by atoms with Gasteiger partial charge in [0.05, 0.1) is 43.7 Å². The molecule has 2 atom stereocenters. The summed E-state index contributed by atoms with van der Waals surface area (Å²) in [6.45, 7) is 0.622. The van der Waals surface area contributed by atoms with Gasteiger partial charge in [-0.15, -0.1) is 0 Å². The maximum Gasteiger partial charge on any atom is 0.328 e. The summed E-state index contributed by atoms with van der Waals surface area (Å²) in [6, 6.07) is 22.2. The summed E-state index contributed by atoms with van der Waals surface area (Å²) in [6.07, 6.45) is 8.17. The Kier molecular flexibility index (Phi) is 20.5. The summed E-state index contributed by atoms with van der Waals surface area (Å²) < 4.78 is 4.94. The molecule has 366 valence electrons. The van der Waals surface area contributed by atoms with Crippen LogP contribution in [-0.4, -0.2) is 72.7 Å². The van der Waals surface area contributed by atoms with Crippen molar-refractivity contribution in [2.75, 3.05) is 20.2 Å². The Morgan fingerprint density at radius 2 is 1.03 bits per heavy atom. The molecule has 0 unspecified atom stereocenters. The molecule has 69 heavy (non-hydrogen) atoms. The van der Waals surface area contributed by atoms with Gasteiger partial charge in [0.15, 0.2) is 11.6 Å². The van der Waals surface area contributed by atoms with Crippen LogP contribution in [0.3, 0.4) is 0 Å². The van der Waals surface area contributed by atoms with Crippen molar-refractivity contribution in [3.63, 3.8) is 0 Å². The number of hydrogen-bond donors (Lipinski definition) is 4. The molecule has 0 bridgehead atoms. The fraction of sp³-hybridized carbons (Fsp3) is 0.412. The summed E-state index contributed by atoms with van der Waals surface area (Å²) in [7, 11) is 1.28. The van der Waals surface area contributed by atoms with E-state index in [1.54, 1.807) is 72.8 Å². The van der Waals surface area contributed by atoms with E-state index < -0.39 is 34.9 Å². The van der Waals surface area contributed by atoms with Crippen molar-refractivity contribution in [3.8, 4) is 0 Å². The van der Waals surface area contributed by atoms with Gasteiger partial charge in [-0.2, -0.15) is 0 Å². The predicted octanol–water partition coefficient (Wildman–Crippen LogP) is 10.3.